The van der Waals surface area contributed by atoms with Crippen LogP contribution in [0.1, 0.15) is 37.3 Å². The highest BCUT2D eigenvalue weighted by molar-refractivity contribution is 6.13. The summed E-state index contributed by atoms with van der Waals surface area (Å²) in [5.74, 6) is 2.05. The number of carbonyl (C=O) groups excluding carboxylic acids is 1. The van der Waals surface area contributed by atoms with E-state index in [1.807, 2.05) is 47.5 Å². The molecule has 3 aliphatic heterocycles. The molecule has 7 rings (SSSR count). The molecule has 0 radical (unpaired) electrons. The molecule has 4 aromatic rings. The molecule has 6 nitrogen and oxygen atoms in total. The zero-order valence-corrected chi connectivity index (χ0v) is 20.1. The van der Waals surface area contributed by atoms with Crippen LogP contribution in [-0.4, -0.2) is 30.8 Å². The van der Waals surface area contributed by atoms with E-state index in [0.717, 1.165) is 58.1 Å². The SMILES string of the molecule is CCCCCN1C(=O)C2(COc3cc4c(cc32)OCO4)c2c(-c3cnc4ccccc4c3)cccc21. The number of aromatic nitrogens is 1. The van der Waals surface area contributed by atoms with Crippen LogP contribution in [0.25, 0.3) is 22.0 Å². The lowest BCUT2D eigenvalue weighted by molar-refractivity contribution is -0.122. The first-order valence-corrected chi connectivity index (χ1v) is 12.6. The van der Waals surface area contributed by atoms with E-state index in [4.69, 9.17) is 19.2 Å². The van der Waals surface area contributed by atoms with Crippen LogP contribution < -0.4 is 19.1 Å². The standard InChI is InChI=1S/C30H26N2O4/c1-2-3-6-12-32-24-11-7-9-21(20-13-19-8-4-5-10-23(19)31-16-20)28(24)30(29(32)33)17-34-25-15-27-26(14-22(25)30)35-18-36-27/h4-5,7-11,13-16H,2-3,6,12,17-18H2,1H3. The van der Waals surface area contributed by atoms with Gasteiger partial charge < -0.3 is 19.1 Å². The molecule has 6 heteroatoms. The Morgan fingerprint density at radius 3 is 2.69 bits per heavy atom. The van der Waals surface area contributed by atoms with Crippen LogP contribution in [0, 0.1) is 0 Å². The molecule has 0 aliphatic carbocycles. The predicted molar refractivity (Wildman–Crippen MR) is 138 cm³/mol. The number of unbranched alkanes of at least 4 members (excludes halogenated alkanes) is 2. The fourth-order valence-electron chi connectivity index (χ4n) is 5.88. The largest absolute Gasteiger partial charge is 0.491 e. The highest BCUT2D eigenvalue weighted by atomic mass is 16.7. The van der Waals surface area contributed by atoms with Crippen LogP contribution in [-0.2, 0) is 10.2 Å². The van der Waals surface area contributed by atoms with Crippen molar-refractivity contribution in [2.24, 2.45) is 0 Å². The molecule has 36 heavy (non-hydrogen) atoms. The number of ether oxygens (including phenoxy) is 3. The molecule has 1 amide bonds. The summed E-state index contributed by atoms with van der Waals surface area (Å²) in [4.78, 5) is 21.1. The van der Waals surface area contributed by atoms with Gasteiger partial charge in [0, 0.05) is 46.6 Å². The van der Waals surface area contributed by atoms with Crippen molar-refractivity contribution < 1.29 is 19.0 Å². The van der Waals surface area contributed by atoms with Gasteiger partial charge in [0.2, 0.25) is 12.7 Å². The Labute approximate surface area is 209 Å². The van der Waals surface area contributed by atoms with Crippen LogP contribution in [0.4, 0.5) is 5.69 Å². The summed E-state index contributed by atoms with van der Waals surface area (Å²) in [6.07, 6.45) is 5.03. The first-order chi connectivity index (χ1) is 17.7. The fraction of sp³-hybridized carbons (Fsp3) is 0.267. The lowest BCUT2D eigenvalue weighted by Gasteiger charge is -2.24. The maximum Gasteiger partial charge on any atom is 0.245 e. The van der Waals surface area contributed by atoms with Gasteiger partial charge in [0.25, 0.3) is 0 Å². The molecule has 0 fully saturated rings. The maximum absolute atomic E-state index is 14.4. The quantitative estimate of drug-likeness (QED) is 0.337. The van der Waals surface area contributed by atoms with Crippen molar-refractivity contribution in [3.05, 3.63) is 78.0 Å². The van der Waals surface area contributed by atoms with Gasteiger partial charge >= 0.3 is 0 Å². The van der Waals surface area contributed by atoms with E-state index >= 15 is 0 Å². The van der Waals surface area contributed by atoms with Crippen LogP contribution >= 0.6 is 0 Å². The van der Waals surface area contributed by atoms with Crippen molar-refractivity contribution in [2.75, 3.05) is 24.8 Å². The maximum atomic E-state index is 14.4. The van der Waals surface area contributed by atoms with E-state index in [1.54, 1.807) is 0 Å². The summed E-state index contributed by atoms with van der Waals surface area (Å²) in [6, 6.07) is 20.3. The number of pyridine rings is 1. The number of hydrogen-bond acceptors (Lipinski definition) is 5. The third-order valence-corrected chi connectivity index (χ3v) is 7.64. The van der Waals surface area contributed by atoms with E-state index in [0.29, 0.717) is 23.8 Å². The van der Waals surface area contributed by atoms with Crippen LogP contribution in [0.2, 0.25) is 0 Å². The minimum Gasteiger partial charge on any atom is -0.491 e. The topological polar surface area (TPSA) is 60.9 Å². The number of fused-ring (bicyclic) bond motifs is 6. The zero-order valence-electron chi connectivity index (χ0n) is 20.1. The average Bonchev–Trinajstić information content (AvgIpc) is 3.59. The molecule has 4 heterocycles. The summed E-state index contributed by atoms with van der Waals surface area (Å²) in [5.41, 5.74) is 4.78. The summed E-state index contributed by atoms with van der Waals surface area (Å²) >= 11 is 0. The van der Waals surface area contributed by atoms with Gasteiger partial charge in [-0.15, -0.1) is 0 Å². The monoisotopic (exact) mass is 478 g/mol. The van der Waals surface area contributed by atoms with Crippen molar-refractivity contribution in [1.82, 2.24) is 4.98 Å². The molecule has 1 spiro atoms. The van der Waals surface area contributed by atoms with E-state index in [1.165, 1.54) is 0 Å². The van der Waals surface area contributed by atoms with Gasteiger partial charge in [0.1, 0.15) is 17.8 Å². The number of rotatable bonds is 5. The molecule has 1 aromatic heterocycles. The van der Waals surface area contributed by atoms with E-state index in [-0.39, 0.29) is 19.3 Å². The fourth-order valence-corrected chi connectivity index (χ4v) is 5.88. The van der Waals surface area contributed by atoms with E-state index in [9.17, 15) is 4.79 Å². The minimum absolute atomic E-state index is 0.0624. The summed E-state index contributed by atoms with van der Waals surface area (Å²) in [6.45, 7) is 3.28. The molecule has 0 bridgehead atoms. The molecule has 3 aliphatic rings. The zero-order chi connectivity index (χ0) is 24.3. The van der Waals surface area contributed by atoms with Gasteiger partial charge in [-0.25, -0.2) is 0 Å². The number of carbonyl (C=O) groups is 1. The lowest BCUT2D eigenvalue weighted by Crippen LogP contribution is -2.43. The number of amides is 1. The number of hydrogen-bond donors (Lipinski definition) is 0. The normalized spacial score (nSPS) is 19.1. The molecule has 0 saturated carbocycles. The van der Waals surface area contributed by atoms with Crippen LogP contribution in [0.15, 0.2) is 66.9 Å². The molecule has 0 N–H and O–H groups in total. The Morgan fingerprint density at radius 1 is 0.944 bits per heavy atom. The molecule has 0 saturated heterocycles. The Hall–Kier alpha value is -4.06. The molecular weight excluding hydrogens is 452 g/mol. The number of anilines is 1. The van der Waals surface area contributed by atoms with E-state index < -0.39 is 5.41 Å². The first-order valence-electron chi connectivity index (χ1n) is 12.6. The summed E-state index contributed by atoms with van der Waals surface area (Å²) in [7, 11) is 0. The second kappa shape index (κ2) is 7.98. The average molecular weight is 479 g/mol. The third-order valence-electron chi connectivity index (χ3n) is 7.64. The molecule has 1 unspecified atom stereocenters. The predicted octanol–water partition coefficient (Wildman–Crippen LogP) is 5.85. The minimum atomic E-state index is -0.944. The van der Waals surface area contributed by atoms with Crippen molar-refractivity contribution in [1.29, 1.82) is 0 Å². The third kappa shape index (κ3) is 2.90. The number of para-hydroxylation sites is 1. The smallest absolute Gasteiger partial charge is 0.245 e. The Bertz CT molecular complexity index is 1530. The van der Waals surface area contributed by atoms with Gasteiger partial charge in [-0.05, 0) is 36.2 Å². The van der Waals surface area contributed by atoms with Crippen molar-refractivity contribution in [3.63, 3.8) is 0 Å². The summed E-state index contributed by atoms with van der Waals surface area (Å²) < 4.78 is 17.5. The number of nitrogens with zero attached hydrogens (tertiary/aromatic N) is 2. The van der Waals surface area contributed by atoms with Gasteiger partial charge in [0.15, 0.2) is 11.5 Å². The molecule has 1 atom stereocenters. The lowest BCUT2D eigenvalue weighted by atomic mass is 9.74. The van der Waals surface area contributed by atoms with Crippen molar-refractivity contribution >= 4 is 22.5 Å². The van der Waals surface area contributed by atoms with Gasteiger partial charge in [0.05, 0.1) is 5.52 Å². The summed E-state index contributed by atoms with van der Waals surface area (Å²) in [5, 5.41) is 1.07. The molecule has 3 aromatic carbocycles. The molecular formula is C30H26N2O4. The second-order valence-corrected chi connectivity index (χ2v) is 9.68. The van der Waals surface area contributed by atoms with Crippen molar-refractivity contribution in [2.45, 2.75) is 31.6 Å². The molecule has 180 valence electrons. The Kier molecular flexibility index (Phi) is 4.71. The van der Waals surface area contributed by atoms with Crippen LogP contribution in [0.3, 0.4) is 0 Å². The number of benzene rings is 3. The highest BCUT2D eigenvalue weighted by Crippen LogP contribution is 2.57. The van der Waals surface area contributed by atoms with Gasteiger partial charge in [-0.3, -0.25) is 9.78 Å². The van der Waals surface area contributed by atoms with Crippen LogP contribution in [0.5, 0.6) is 17.2 Å². The Balaban J connectivity index is 1.46. The second-order valence-electron chi connectivity index (χ2n) is 9.68. The first kappa shape index (κ1) is 21.2. The van der Waals surface area contributed by atoms with E-state index in [2.05, 4.69) is 31.2 Å². The Morgan fingerprint density at radius 2 is 1.81 bits per heavy atom. The van der Waals surface area contributed by atoms with Gasteiger partial charge in [-0.1, -0.05) is 50.1 Å². The highest BCUT2D eigenvalue weighted by Gasteiger charge is 2.58. The van der Waals surface area contributed by atoms with Crippen molar-refractivity contribution in [3.8, 4) is 28.4 Å². The van der Waals surface area contributed by atoms with Gasteiger partial charge in [-0.2, -0.15) is 0 Å².